The van der Waals surface area contributed by atoms with E-state index in [0.29, 0.717) is 17.1 Å². The van der Waals surface area contributed by atoms with Crippen molar-refractivity contribution in [2.45, 2.75) is 62.7 Å². The molecular weight excluding hydrogens is 270 g/mol. The van der Waals surface area contributed by atoms with Crippen molar-refractivity contribution < 1.29 is 23.1 Å². The number of aliphatic carboxylic acids is 1. The third-order valence-electron chi connectivity index (χ3n) is 4.30. The summed E-state index contributed by atoms with van der Waals surface area (Å²) in [7, 11) is -3.87. The molecule has 1 amide bonds. The van der Waals surface area contributed by atoms with Crippen molar-refractivity contribution in [3.8, 4) is 0 Å². The summed E-state index contributed by atoms with van der Waals surface area (Å²) in [6.45, 7) is 2.65. The molecule has 108 valence electrons. The van der Waals surface area contributed by atoms with Gasteiger partial charge < -0.3 is 5.11 Å². The molecule has 7 heteroatoms. The van der Waals surface area contributed by atoms with Gasteiger partial charge in [-0.3, -0.25) is 4.79 Å². The largest absolute Gasteiger partial charge is 0.479 e. The smallest absolute Gasteiger partial charge is 0.330 e. The molecule has 1 saturated heterocycles. The van der Waals surface area contributed by atoms with Crippen molar-refractivity contribution in [3.05, 3.63) is 0 Å². The predicted molar refractivity (Wildman–Crippen MR) is 67.9 cm³/mol. The fourth-order valence-electron chi connectivity index (χ4n) is 2.89. The molecule has 2 rings (SSSR count). The van der Waals surface area contributed by atoms with E-state index < -0.39 is 32.2 Å². The van der Waals surface area contributed by atoms with Crippen molar-refractivity contribution >= 4 is 21.9 Å². The first-order chi connectivity index (χ1) is 8.68. The summed E-state index contributed by atoms with van der Waals surface area (Å²) in [5.74, 6) is -1.81. The lowest BCUT2D eigenvalue weighted by molar-refractivity contribution is -0.157. The molecule has 0 radical (unpaired) electrons. The molecular formula is C12H19NO5S. The van der Waals surface area contributed by atoms with Crippen molar-refractivity contribution in [1.29, 1.82) is 0 Å². The molecule has 0 spiro atoms. The minimum Gasteiger partial charge on any atom is -0.479 e. The van der Waals surface area contributed by atoms with Crippen LogP contribution < -0.4 is 0 Å². The fraction of sp³-hybridized carbons (Fsp3) is 0.833. The zero-order chi connectivity index (χ0) is 14.5. The van der Waals surface area contributed by atoms with Crippen LogP contribution in [-0.2, 0) is 19.6 Å². The van der Waals surface area contributed by atoms with E-state index in [-0.39, 0.29) is 12.8 Å². The van der Waals surface area contributed by atoms with E-state index in [2.05, 4.69) is 0 Å². The standard InChI is InChI=1S/C12H19NO5S/c1-11(2)9(14)13(19(11,17)18)12(10(15)16)7-5-3-4-6-8-12/h3-8H2,1-2H3,(H,15,16). The van der Waals surface area contributed by atoms with Gasteiger partial charge in [0.2, 0.25) is 0 Å². The summed E-state index contributed by atoms with van der Waals surface area (Å²) < 4.78 is 23.6. The van der Waals surface area contributed by atoms with Gasteiger partial charge in [-0.05, 0) is 26.7 Å². The van der Waals surface area contributed by atoms with Crippen molar-refractivity contribution in [2.75, 3.05) is 0 Å². The molecule has 1 aliphatic heterocycles. The first kappa shape index (κ1) is 14.3. The van der Waals surface area contributed by atoms with E-state index in [0.717, 1.165) is 12.8 Å². The number of hydrogen-bond acceptors (Lipinski definition) is 4. The van der Waals surface area contributed by atoms with Crippen LogP contribution in [0.15, 0.2) is 0 Å². The van der Waals surface area contributed by atoms with Gasteiger partial charge >= 0.3 is 5.97 Å². The van der Waals surface area contributed by atoms with Crippen LogP contribution in [0.5, 0.6) is 0 Å². The molecule has 1 heterocycles. The SMILES string of the molecule is CC1(C)C(=O)N(C2(C(=O)O)CCCCCC2)S1(=O)=O. The van der Waals surface area contributed by atoms with Crippen molar-refractivity contribution in [2.24, 2.45) is 0 Å². The normalized spacial score (nSPS) is 28.3. The van der Waals surface area contributed by atoms with Gasteiger partial charge in [-0.2, -0.15) is 0 Å². The molecule has 0 unspecified atom stereocenters. The molecule has 0 bridgehead atoms. The summed E-state index contributed by atoms with van der Waals surface area (Å²) in [5, 5.41) is 9.51. The number of rotatable bonds is 2. The second-order valence-corrected chi connectivity index (χ2v) is 8.17. The molecule has 1 aliphatic carbocycles. The molecule has 0 aromatic rings. The molecule has 1 saturated carbocycles. The highest BCUT2D eigenvalue weighted by molar-refractivity contribution is 7.94. The molecule has 6 nitrogen and oxygen atoms in total. The van der Waals surface area contributed by atoms with Crippen LogP contribution in [-0.4, -0.2) is 40.0 Å². The van der Waals surface area contributed by atoms with Crippen LogP contribution in [0.2, 0.25) is 0 Å². The highest BCUT2D eigenvalue weighted by Crippen LogP contribution is 2.45. The van der Waals surface area contributed by atoms with E-state index >= 15 is 0 Å². The van der Waals surface area contributed by atoms with Gasteiger partial charge in [0.1, 0.15) is 0 Å². The molecule has 19 heavy (non-hydrogen) atoms. The second-order valence-electron chi connectivity index (χ2n) is 5.84. The molecule has 1 N–H and O–H groups in total. The lowest BCUT2D eigenvalue weighted by atomic mass is 9.89. The lowest BCUT2D eigenvalue weighted by Crippen LogP contribution is -2.75. The fourth-order valence-corrected chi connectivity index (χ4v) is 4.70. The van der Waals surface area contributed by atoms with E-state index in [1.807, 2.05) is 0 Å². The second kappa shape index (κ2) is 4.19. The van der Waals surface area contributed by atoms with Crippen LogP contribution in [0.1, 0.15) is 52.4 Å². The van der Waals surface area contributed by atoms with Crippen LogP contribution >= 0.6 is 0 Å². The quantitative estimate of drug-likeness (QED) is 0.769. The Morgan fingerprint density at radius 2 is 1.63 bits per heavy atom. The van der Waals surface area contributed by atoms with Crippen molar-refractivity contribution in [3.63, 3.8) is 0 Å². The number of carboxylic acid groups (broad SMARTS) is 1. The Hall–Kier alpha value is -1.11. The first-order valence-electron chi connectivity index (χ1n) is 6.51. The summed E-state index contributed by atoms with van der Waals surface area (Å²) in [6, 6.07) is 0. The topological polar surface area (TPSA) is 91.8 Å². The van der Waals surface area contributed by atoms with Gasteiger partial charge in [-0.1, -0.05) is 25.7 Å². The summed E-state index contributed by atoms with van der Waals surface area (Å²) in [6.07, 6.45) is 3.44. The molecule has 2 fully saturated rings. The Morgan fingerprint density at radius 3 is 2.00 bits per heavy atom. The lowest BCUT2D eigenvalue weighted by Gasteiger charge is -2.51. The monoisotopic (exact) mass is 289 g/mol. The number of hydrogen-bond donors (Lipinski definition) is 1. The minimum atomic E-state index is -3.87. The predicted octanol–water partition coefficient (Wildman–Crippen LogP) is 1.11. The summed E-state index contributed by atoms with van der Waals surface area (Å²) in [5.41, 5.74) is -1.57. The highest BCUT2D eigenvalue weighted by atomic mass is 32.2. The maximum atomic E-state index is 12.2. The molecule has 0 aromatic carbocycles. The Labute approximate surface area is 112 Å². The molecule has 0 aromatic heterocycles. The molecule has 2 aliphatic rings. The van der Waals surface area contributed by atoms with E-state index in [9.17, 15) is 23.1 Å². The van der Waals surface area contributed by atoms with E-state index in [1.54, 1.807) is 0 Å². The first-order valence-corrected chi connectivity index (χ1v) is 7.95. The van der Waals surface area contributed by atoms with Gasteiger partial charge in [0.05, 0.1) is 0 Å². The third-order valence-corrected chi connectivity index (χ3v) is 6.76. The van der Waals surface area contributed by atoms with Gasteiger partial charge in [-0.15, -0.1) is 0 Å². The van der Waals surface area contributed by atoms with Crippen LogP contribution in [0.3, 0.4) is 0 Å². The summed E-state index contributed by atoms with van der Waals surface area (Å²) >= 11 is 0. The number of carbonyl (C=O) groups excluding carboxylic acids is 1. The maximum Gasteiger partial charge on any atom is 0.330 e. The van der Waals surface area contributed by atoms with E-state index in [1.165, 1.54) is 13.8 Å². The number of carbonyl (C=O) groups is 2. The van der Waals surface area contributed by atoms with Gasteiger partial charge in [-0.25, -0.2) is 17.5 Å². The van der Waals surface area contributed by atoms with Gasteiger partial charge in [0.15, 0.2) is 10.3 Å². The molecule has 0 atom stereocenters. The van der Waals surface area contributed by atoms with Crippen LogP contribution in [0.25, 0.3) is 0 Å². The number of amides is 1. The maximum absolute atomic E-state index is 12.2. The number of carboxylic acids is 1. The minimum absolute atomic E-state index is 0.212. The Balaban J connectivity index is 2.47. The van der Waals surface area contributed by atoms with Crippen LogP contribution in [0.4, 0.5) is 0 Å². The Kier molecular flexibility index (Phi) is 3.16. The summed E-state index contributed by atoms with van der Waals surface area (Å²) in [4.78, 5) is 23.8. The average Bonchev–Trinajstić information content (AvgIpc) is 2.55. The number of nitrogens with zero attached hydrogens (tertiary/aromatic N) is 1. The zero-order valence-electron chi connectivity index (χ0n) is 11.2. The van der Waals surface area contributed by atoms with Crippen LogP contribution in [0, 0.1) is 0 Å². The van der Waals surface area contributed by atoms with E-state index in [4.69, 9.17) is 0 Å². The average molecular weight is 289 g/mol. The van der Waals surface area contributed by atoms with Gasteiger partial charge in [0, 0.05) is 0 Å². The Bertz CT molecular complexity index is 514. The third kappa shape index (κ3) is 1.70. The zero-order valence-corrected chi connectivity index (χ0v) is 12.0. The van der Waals surface area contributed by atoms with Gasteiger partial charge in [0.25, 0.3) is 15.9 Å². The Morgan fingerprint density at radius 1 is 1.16 bits per heavy atom. The highest BCUT2D eigenvalue weighted by Gasteiger charge is 2.68. The van der Waals surface area contributed by atoms with Crippen molar-refractivity contribution in [1.82, 2.24) is 4.31 Å². The number of sulfonamides is 1.